The maximum Gasteiger partial charge on any atom is 0.336 e. The fourth-order valence-corrected chi connectivity index (χ4v) is 3.03. The summed E-state index contributed by atoms with van der Waals surface area (Å²) >= 11 is 1.51. The van der Waals surface area contributed by atoms with Gasteiger partial charge in [0, 0.05) is 11.5 Å². The van der Waals surface area contributed by atoms with Crippen molar-refractivity contribution in [3.8, 4) is 0 Å². The molecule has 0 unspecified atom stereocenters. The third-order valence-corrected chi connectivity index (χ3v) is 4.50. The lowest BCUT2D eigenvalue weighted by atomic mass is 9.87. The van der Waals surface area contributed by atoms with E-state index in [9.17, 15) is 9.59 Å². The van der Waals surface area contributed by atoms with Crippen LogP contribution in [-0.2, 0) is 19.9 Å². The van der Waals surface area contributed by atoms with E-state index < -0.39 is 11.5 Å². The van der Waals surface area contributed by atoms with Gasteiger partial charge in [0.15, 0.2) is 5.54 Å². The Morgan fingerprint density at radius 1 is 1.33 bits per heavy atom. The van der Waals surface area contributed by atoms with Gasteiger partial charge in [0.05, 0.1) is 17.8 Å². The third-order valence-electron chi connectivity index (χ3n) is 3.71. The first-order valence-electron chi connectivity index (χ1n) is 7.58. The minimum atomic E-state index is -1.21. The summed E-state index contributed by atoms with van der Waals surface area (Å²) in [5.74, 6) is -0.876. The zero-order chi connectivity index (χ0) is 17.6. The van der Waals surface area contributed by atoms with Gasteiger partial charge in [-0.2, -0.15) is 0 Å². The zero-order valence-electron chi connectivity index (χ0n) is 13.9. The molecule has 0 aliphatic rings. The number of benzene rings is 1. The Morgan fingerprint density at radius 3 is 2.58 bits per heavy atom. The summed E-state index contributed by atoms with van der Waals surface area (Å²) in [6.07, 6.45) is 3.38. The molecule has 0 aliphatic heterocycles. The predicted octanol–water partition coefficient (Wildman–Crippen LogP) is 3.06. The van der Waals surface area contributed by atoms with Gasteiger partial charge < -0.3 is 10.1 Å². The Kier molecular flexibility index (Phi) is 5.87. The molecule has 1 N–H and O–H groups in total. The summed E-state index contributed by atoms with van der Waals surface area (Å²) in [4.78, 5) is 29.0. The Labute approximate surface area is 145 Å². The molecular formula is C18H20N2O3S. The second-order valence-corrected chi connectivity index (χ2v) is 6.29. The van der Waals surface area contributed by atoms with Crippen LogP contribution >= 0.6 is 11.3 Å². The van der Waals surface area contributed by atoms with Crippen LogP contribution in [0.5, 0.6) is 0 Å². The van der Waals surface area contributed by atoms with E-state index in [0.29, 0.717) is 17.7 Å². The normalized spacial score (nSPS) is 13.5. The first kappa shape index (κ1) is 17.9. The monoisotopic (exact) mass is 344 g/mol. The zero-order valence-corrected chi connectivity index (χ0v) is 14.7. The highest BCUT2D eigenvalue weighted by Crippen LogP contribution is 2.26. The molecule has 1 amide bonds. The van der Waals surface area contributed by atoms with Gasteiger partial charge in [-0.1, -0.05) is 37.3 Å². The van der Waals surface area contributed by atoms with Crippen LogP contribution in [0.25, 0.3) is 6.08 Å². The summed E-state index contributed by atoms with van der Waals surface area (Å²) in [5, 5.41) is 5.59. The van der Waals surface area contributed by atoms with Gasteiger partial charge in [-0.25, -0.2) is 9.78 Å². The summed E-state index contributed by atoms with van der Waals surface area (Å²) in [7, 11) is 1.32. The molecule has 0 fully saturated rings. The van der Waals surface area contributed by atoms with Crippen LogP contribution in [0.15, 0.2) is 41.8 Å². The molecule has 1 aromatic heterocycles. The average molecular weight is 344 g/mol. The number of thiazole rings is 1. The molecule has 1 atom stereocenters. The summed E-state index contributed by atoms with van der Waals surface area (Å²) < 4.78 is 4.94. The van der Waals surface area contributed by atoms with E-state index in [1.54, 1.807) is 18.2 Å². The maximum atomic E-state index is 12.4. The van der Waals surface area contributed by atoms with Gasteiger partial charge in [-0.3, -0.25) is 4.79 Å². The minimum absolute atomic E-state index is 0.374. The van der Waals surface area contributed by atoms with Crippen molar-refractivity contribution in [1.82, 2.24) is 10.3 Å². The van der Waals surface area contributed by atoms with Crippen LogP contribution in [0.1, 0.15) is 29.6 Å². The highest BCUT2D eigenvalue weighted by atomic mass is 32.1. The number of nitrogens with one attached hydrogen (secondary N) is 1. The average Bonchev–Trinajstić information content (AvgIpc) is 3.03. The van der Waals surface area contributed by atoms with Crippen molar-refractivity contribution in [3.05, 3.63) is 58.1 Å². The molecule has 24 heavy (non-hydrogen) atoms. The summed E-state index contributed by atoms with van der Waals surface area (Å²) in [6, 6.07) is 9.10. The molecule has 2 aromatic rings. The Morgan fingerprint density at radius 2 is 2.04 bits per heavy atom. The van der Waals surface area contributed by atoms with Gasteiger partial charge in [-0.15, -0.1) is 11.3 Å². The molecule has 6 heteroatoms. The van der Waals surface area contributed by atoms with Crippen molar-refractivity contribution in [2.75, 3.05) is 7.11 Å². The number of amides is 1. The van der Waals surface area contributed by atoms with E-state index in [2.05, 4.69) is 10.3 Å². The van der Waals surface area contributed by atoms with E-state index in [0.717, 1.165) is 5.01 Å². The second kappa shape index (κ2) is 7.88. The van der Waals surface area contributed by atoms with Crippen molar-refractivity contribution in [2.24, 2.45) is 0 Å². The topological polar surface area (TPSA) is 68.3 Å². The molecule has 5 nitrogen and oxygen atoms in total. The first-order chi connectivity index (χ1) is 11.5. The maximum absolute atomic E-state index is 12.4. The number of hydrogen-bond acceptors (Lipinski definition) is 5. The Balaban J connectivity index is 2.26. The molecular weight excluding hydrogens is 324 g/mol. The number of carbonyl (C=O) groups is 2. The number of hydrogen-bond donors (Lipinski definition) is 1. The number of ether oxygens (including phenoxy) is 1. The fourth-order valence-electron chi connectivity index (χ4n) is 2.44. The Hall–Kier alpha value is -2.47. The van der Waals surface area contributed by atoms with Crippen LogP contribution < -0.4 is 5.32 Å². The van der Waals surface area contributed by atoms with Crippen molar-refractivity contribution in [3.63, 3.8) is 0 Å². The third kappa shape index (κ3) is 3.89. The van der Waals surface area contributed by atoms with Gasteiger partial charge in [-0.05, 0) is 25.0 Å². The lowest BCUT2D eigenvalue weighted by Crippen LogP contribution is -2.51. The van der Waals surface area contributed by atoms with E-state index in [4.69, 9.17) is 4.74 Å². The summed E-state index contributed by atoms with van der Waals surface area (Å²) in [5.41, 5.74) is 0.188. The molecule has 1 heterocycles. The number of rotatable bonds is 6. The van der Waals surface area contributed by atoms with Crippen LogP contribution in [0.2, 0.25) is 0 Å². The predicted molar refractivity (Wildman–Crippen MR) is 94.5 cm³/mol. The van der Waals surface area contributed by atoms with Crippen molar-refractivity contribution < 1.29 is 14.3 Å². The molecule has 2 rings (SSSR count). The summed E-state index contributed by atoms with van der Waals surface area (Å²) in [6.45, 7) is 3.73. The SMILES string of the molecule is CC[C@](NC(=O)/C=C\c1csc(C)n1)(C(=O)OC)c1ccccc1. The highest BCUT2D eigenvalue weighted by Gasteiger charge is 2.40. The molecule has 1 aromatic carbocycles. The largest absolute Gasteiger partial charge is 0.467 e. The highest BCUT2D eigenvalue weighted by molar-refractivity contribution is 7.09. The fraction of sp³-hybridized carbons (Fsp3) is 0.278. The number of aryl methyl sites for hydroxylation is 1. The van der Waals surface area contributed by atoms with Crippen molar-refractivity contribution in [1.29, 1.82) is 0 Å². The molecule has 0 saturated carbocycles. The van der Waals surface area contributed by atoms with E-state index in [1.807, 2.05) is 37.4 Å². The van der Waals surface area contributed by atoms with Crippen LogP contribution in [0.4, 0.5) is 0 Å². The van der Waals surface area contributed by atoms with Gasteiger partial charge in [0.25, 0.3) is 0 Å². The smallest absolute Gasteiger partial charge is 0.336 e. The second-order valence-electron chi connectivity index (χ2n) is 5.23. The molecule has 0 aliphatic carbocycles. The van der Waals surface area contributed by atoms with Gasteiger partial charge in [0.2, 0.25) is 5.91 Å². The number of carbonyl (C=O) groups excluding carboxylic acids is 2. The number of aromatic nitrogens is 1. The van der Waals surface area contributed by atoms with Crippen LogP contribution in [-0.4, -0.2) is 24.0 Å². The lowest BCUT2D eigenvalue weighted by Gasteiger charge is -2.31. The van der Waals surface area contributed by atoms with Crippen molar-refractivity contribution >= 4 is 29.3 Å². The molecule has 0 radical (unpaired) electrons. The minimum Gasteiger partial charge on any atom is -0.467 e. The number of methoxy groups -OCH3 is 1. The Bertz CT molecular complexity index is 740. The van der Waals surface area contributed by atoms with E-state index in [1.165, 1.54) is 24.5 Å². The van der Waals surface area contributed by atoms with E-state index in [-0.39, 0.29) is 5.91 Å². The van der Waals surface area contributed by atoms with Crippen molar-refractivity contribution in [2.45, 2.75) is 25.8 Å². The molecule has 0 bridgehead atoms. The van der Waals surface area contributed by atoms with Gasteiger partial charge >= 0.3 is 5.97 Å². The van der Waals surface area contributed by atoms with E-state index >= 15 is 0 Å². The standard InChI is InChI=1S/C18H20N2O3S/c1-4-18(17(22)23-3,14-8-6-5-7-9-14)20-16(21)11-10-15-12-24-13(2)19-15/h5-12H,4H2,1-3H3,(H,20,21)/b11-10-/t18-/m1/s1. The van der Waals surface area contributed by atoms with Crippen LogP contribution in [0, 0.1) is 6.92 Å². The molecule has 0 saturated heterocycles. The van der Waals surface area contributed by atoms with Gasteiger partial charge in [0.1, 0.15) is 0 Å². The number of esters is 1. The number of nitrogens with zero attached hydrogens (tertiary/aromatic N) is 1. The van der Waals surface area contributed by atoms with Crippen LogP contribution in [0.3, 0.4) is 0 Å². The molecule has 0 spiro atoms. The first-order valence-corrected chi connectivity index (χ1v) is 8.46. The molecule has 126 valence electrons. The lowest BCUT2D eigenvalue weighted by molar-refractivity contribution is -0.151. The quantitative estimate of drug-likeness (QED) is 0.646.